The first kappa shape index (κ1) is 25.8. The molecule has 1 aliphatic carbocycles. The molecular formula is C27H39F2N5. The third-order valence-corrected chi connectivity index (χ3v) is 6.05. The number of hydrogen-bond acceptors (Lipinski definition) is 4. The van der Waals surface area contributed by atoms with Crippen LogP contribution in [0.1, 0.15) is 65.5 Å². The van der Waals surface area contributed by atoms with Gasteiger partial charge in [0.1, 0.15) is 17.2 Å². The van der Waals surface area contributed by atoms with Crippen molar-refractivity contribution >= 4 is 11.5 Å². The monoisotopic (exact) mass is 471 g/mol. The molecule has 2 N–H and O–H groups in total. The third kappa shape index (κ3) is 6.84. The zero-order chi connectivity index (χ0) is 25.0. The summed E-state index contributed by atoms with van der Waals surface area (Å²) in [5, 5.41) is 7.16. The van der Waals surface area contributed by atoms with Crippen LogP contribution in [0.25, 0.3) is 5.65 Å². The largest absolute Gasteiger partial charge is 0.382 e. The van der Waals surface area contributed by atoms with Gasteiger partial charge in [0.25, 0.3) is 6.43 Å². The van der Waals surface area contributed by atoms with Crippen molar-refractivity contribution < 1.29 is 8.78 Å². The van der Waals surface area contributed by atoms with Gasteiger partial charge < -0.3 is 15.5 Å². The molecule has 2 aromatic rings. The van der Waals surface area contributed by atoms with Gasteiger partial charge in [0.15, 0.2) is 0 Å². The molecule has 0 bridgehead atoms. The predicted molar refractivity (Wildman–Crippen MR) is 137 cm³/mol. The summed E-state index contributed by atoms with van der Waals surface area (Å²) in [6.45, 7) is 18.1. The molecule has 1 aliphatic rings. The van der Waals surface area contributed by atoms with Gasteiger partial charge in [-0.1, -0.05) is 40.0 Å². The highest BCUT2D eigenvalue weighted by molar-refractivity contribution is 5.51. The molecule has 0 amide bonds. The number of fused-ring (bicyclic) bond motifs is 1. The molecular weight excluding hydrogens is 432 g/mol. The van der Waals surface area contributed by atoms with E-state index in [0.717, 1.165) is 54.9 Å². The lowest BCUT2D eigenvalue weighted by Crippen LogP contribution is -2.37. The van der Waals surface area contributed by atoms with E-state index in [1.54, 1.807) is 10.5 Å². The number of nitrogens with one attached hydrogen (secondary N) is 2. The van der Waals surface area contributed by atoms with E-state index < -0.39 is 6.43 Å². The van der Waals surface area contributed by atoms with Crippen molar-refractivity contribution in [1.82, 2.24) is 19.6 Å². The fraction of sp³-hybridized carbons (Fsp3) is 0.519. The van der Waals surface area contributed by atoms with Crippen molar-refractivity contribution in [3.63, 3.8) is 0 Å². The molecule has 0 radical (unpaired) electrons. The van der Waals surface area contributed by atoms with Crippen molar-refractivity contribution in [2.24, 2.45) is 5.41 Å². The first-order chi connectivity index (χ1) is 15.9. The Labute approximate surface area is 202 Å². The van der Waals surface area contributed by atoms with Gasteiger partial charge in [-0.3, -0.25) is 4.40 Å². The average Bonchev–Trinajstić information content (AvgIpc) is 3.18. The lowest BCUT2D eigenvalue weighted by atomic mass is 9.90. The number of allylic oxidation sites excluding steroid dienone is 1. The number of rotatable bonds is 9. The van der Waals surface area contributed by atoms with Crippen LogP contribution >= 0.6 is 0 Å². The van der Waals surface area contributed by atoms with Crippen molar-refractivity contribution in [3.05, 3.63) is 66.3 Å². The second-order valence-corrected chi connectivity index (χ2v) is 10.7. The molecule has 3 rings (SSSR count). The highest BCUT2D eigenvalue weighted by atomic mass is 19.3. The summed E-state index contributed by atoms with van der Waals surface area (Å²) in [5.41, 5.74) is 3.48. The summed E-state index contributed by atoms with van der Waals surface area (Å²) in [6, 6.07) is 6.13. The van der Waals surface area contributed by atoms with Crippen molar-refractivity contribution in [2.45, 2.75) is 71.9 Å². The number of imidazole rings is 1. The number of hydrogen-bond donors (Lipinski definition) is 2. The maximum Gasteiger partial charge on any atom is 0.281 e. The minimum absolute atomic E-state index is 0.199. The highest BCUT2D eigenvalue weighted by Gasteiger charge is 2.23. The number of aromatic nitrogens is 2. The van der Waals surface area contributed by atoms with E-state index >= 15 is 0 Å². The second kappa shape index (κ2) is 10.6. The first-order valence-corrected chi connectivity index (χ1v) is 12.0. The van der Waals surface area contributed by atoms with Crippen molar-refractivity contribution in [3.8, 4) is 0 Å². The summed E-state index contributed by atoms with van der Waals surface area (Å²) in [6.07, 6.45) is 4.94. The van der Waals surface area contributed by atoms with Gasteiger partial charge in [-0.25, -0.2) is 13.8 Å². The molecule has 0 unspecified atom stereocenters. The molecule has 186 valence electrons. The molecule has 0 saturated heterocycles. The topological polar surface area (TPSA) is 44.6 Å². The minimum Gasteiger partial charge on any atom is -0.382 e. The van der Waals surface area contributed by atoms with Crippen LogP contribution in [0.15, 0.2) is 60.6 Å². The Hall–Kier alpha value is -2.83. The van der Waals surface area contributed by atoms with E-state index in [1.165, 1.54) is 6.20 Å². The molecule has 1 fully saturated rings. The summed E-state index contributed by atoms with van der Waals surface area (Å²) >= 11 is 0. The standard InChI is InChI=1S/C27H39F2N5/c1-18(2)22(15-33(7)17-27(4,5)6)19(3)30-20-11-13-21(14-12-20)31-24-9-8-10-25-32-23(26(28)29)16-34(24)25/h8-10,15-16,20-21,26,30-31H,1,3,11-14,17H2,2,4-7H3/b22-15+. The van der Waals surface area contributed by atoms with Crippen LogP contribution in [0.3, 0.4) is 0 Å². The molecule has 0 atom stereocenters. The highest BCUT2D eigenvalue weighted by Crippen LogP contribution is 2.27. The van der Waals surface area contributed by atoms with Gasteiger partial charge in [-0.15, -0.1) is 0 Å². The average molecular weight is 472 g/mol. The molecule has 2 aromatic heterocycles. The Kier molecular flexibility index (Phi) is 8.05. The third-order valence-electron chi connectivity index (χ3n) is 6.05. The fourth-order valence-electron chi connectivity index (χ4n) is 4.63. The number of alkyl halides is 2. The van der Waals surface area contributed by atoms with Crippen LogP contribution in [-0.4, -0.2) is 40.0 Å². The molecule has 7 heteroatoms. The zero-order valence-corrected chi connectivity index (χ0v) is 21.2. The van der Waals surface area contributed by atoms with Gasteiger partial charge in [0.2, 0.25) is 0 Å². The fourth-order valence-corrected chi connectivity index (χ4v) is 4.63. The number of halogens is 2. The van der Waals surface area contributed by atoms with E-state index in [9.17, 15) is 8.78 Å². The summed E-state index contributed by atoms with van der Waals surface area (Å²) < 4.78 is 27.9. The van der Waals surface area contributed by atoms with Crippen LogP contribution in [0.4, 0.5) is 14.6 Å². The number of pyridine rings is 1. The minimum atomic E-state index is -2.58. The summed E-state index contributed by atoms with van der Waals surface area (Å²) in [7, 11) is 2.09. The molecule has 1 saturated carbocycles. The summed E-state index contributed by atoms with van der Waals surface area (Å²) in [4.78, 5) is 6.22. The van der Waals surface area contributed by atoms with Gasteiger partial charge in [-0.05, 0) is 55.7 Å². The molecule has 34 heavy (non-hydrogen) atoms. The van der Waals surface area contributed by atoms with Crippen LogP contribution in [0, 0.1) is 5.41 Å². The van der Waals surface area contributed by atoms with E-state index in [-0.39, 0.29) is 17.2 Å². The van der Waals surface area contributed by atoms with Crippen LogP contribution in [0.5, 0.6) is 0 Å². The molecule has 0 aromatic carbocycles. The Morgan fingerprint density at radius 2 is 1.85 bits per heavy atom. The Balaban J connectivity index is 1.58. The van der Waals surface area contributed by atoms with E-state index in [0.29, 0.717) is 11.7 Å². The van der Waals surface area contributed by atoms with Crippen LogP contribution in [-0.2, 0) is 0 Å². The van der Waals surface area contributed by atoms with Crippen LogP contribution < -0.4 is 10.6 Å². The molecule has 2 heterocycles. The second-order valence-electron chi connectivity index (χ2n) is 10.7. The normalized spacial score (nSPS) is 19.4. The number of nitrogens with zero attached hydrogens (tertiary/aromatic N) is 3. The maximum atomic E-state index is 13.1. The smallest absolute Gasteiger partial charge is 0.281 e. The lowest BCUT2D eigenvalue weighted by molar-refractivity contribution is 0.147. The predicted octanol–water partition coefficient (Wildman–Crippen LogP) is 6.54. The van der Waals surface area contributed by atoms with Gasteiger partial charge >= 0.3 is 0 Å². The SMILES string of the molecule is C=C(C)/C(=C\N(C)CC(C)(C)C)C(=C)NC1CCC(Nc2cccc3nc(C(F)F)cn23)CC1. The van der Waals surface area contributed by atoms with E-state index in [1.807, 2.05) is 19.1 Å². The van der Waals surface area contributed by atoms with Gasteiger partial charge in [0.05, 0.1) is 0 Å². The van der Waals surface area contributed by atoms with E-state index in [2.05, 4.69) is 67.7 Å². The number of anilines is 1. The zero-order valence-electron chi connectivity index (χ0n) is 21.2. The molecule has 5 nitrogen and oxygen atoms in total. The van der Waals surface area contributed by atoms with Gasteiger partial charge in [0, 0.05) is 49.3 Å². The molecule has 0 aliphatic heterocycles. The molecule has 0 spiro atoms. The quantitative estimate of drug-likeness (QED) is 0.408. The lowest BCUT2D eigenvalue weighted by Gasteiger charge is -2.32. The Bertz CT molecular complexity index is 1040. The maximum absolute atomic E-state index is 13.1. The Morgan fingerprint density at radius 1 is 1.21 bits per heavy atom. The Morgan fingerprint density at radius 3 is 2.44 bits per heavy atom. The van der Waals surface area contributed by atoms with Crippen LogP contribution in [0.2, 0.25) is 0 Å². The van der Waals surface area contributed by atoms with Crippen molar-refractivity contribution in [2.75, 3.05) is 18.9 Å². The first-order valence-electron chi connectivity index (χ1n) is 12.0. The summed E-state index contributed by atoms with van der Waals surface area (Å²) in [5.74, 6) is 0.798. The van der Waals surface area contributed by atoms with Gasteiger partial charge in [-0.2, -0.15) is 0 Å². The van der Waals surface area contributed by atoms with Crippen molar-refractivity contribution in [1.29, 1.82) is 0 Å². The van der Waals surface area contributed by atoms with E-state index in [4.69, 9.17) is 0 Å².